The summed E-state index contributed by atoms with van der Waals surface area (Å²) in [7, 11) is -2.23. The number of rotatable bonds is 9. The summed E-state index contributed by atoms with van der Waals surface area (Å²) in [5.74, 6) is 0.578. The second-order valence-corrected chi connectivity index (χ2v) is 11.8. The molecule has 30 heavy (non-hydrogen) atoms. The van der Waals surface area contributed by atoms with Gasteiger partial charge in [-0.3, -0.25) is 4.98 Å². The molecule has 0 amide bonds. The number of β-amino-alcohol motifs (C(OH)–C–C–N with tert-alkyl or cyclic N) is 1. The molecule has 0 saturated carbocycles. The van der Waals surface area contributed by atoms with Crippen molar-refractivity contribution in [1.82, 2.24) is 14.6 Å². The number of halogens is 1. The van der Waals surface area contributed by atoms with E-state index in [1.54, 1.807) is 0 Å². The fraction of sp³-hybridized carbons (Fsp3) is 0.500. The number of pyridine rings is 1. The minimum Gasteiger partial charge on any atom is -0.390 e. The largest absolute Gasteiger partial charge is 0.390 e. The molecule has 1 unspecified atom stereocenters. The van der Waals surface area contributed by atoms with E-state index in [4.69, 9.17) is 0 Å². The molecule has 1 aliphatic carbocycles. The average molecular weight is 496 g/mol. The zero-order chi connectivity index (χ0) is 21.9. The molecule has 1 aromatic heterocycles. The Bertz CT molecular complexity index is 956. The molecule has 0 bridgehead atoms. The molecule has 164 valence electrons. The van der Waals surface area contributed by atoms with Crippen LogP contribution in [0.15, 0.2) is 52.1 Å². The van der Waals surface area contributed by atoms with Gasteiger partial charge in [-0.05, 0) is 72.2 Å². The summed E-state index contributed by atoms with van der Waals surface area (Å²) >= 11 is 3.24. The van der Waals surface area contributed by atoms with Crippen LogP contribution in [0.5, 0.6) is 0 Å². The van der Waals surface area contributed by atoms with Crippen molar-refractivity contribution in [3.05, 3.63) is 58.3 Å². The van der Waals surface area contributed by atoms with Crippen molar-refractivity contribution in [3.8, 4) is 0 Å². The van der Waals surface area contributed by atoms with Gasteiger partial charge in [-0.1, -0.05) is 24.3 Å². The molecule has 2 N–H and O–H groups in total. The molecule has 2 aromatic rings. The predicted molar refractivity (Wildman–Crippen MR) is 122 cm³/mol. The molecule has 1 atom stereocenters. The Morgan fingerprint density at radius 2 is 1.90 bits per heavy atom. The summed E-state index contributed by atoms with van der Waals surface area (Å²) in [5.41, 5.74) is 2.72. The maximum Gasteiger partial charge on any atom is 0.244 e. The van der Waals surface area contributed by atoms with Crippen molar-refractivity contribution in [2.24, 2.45) is 5.92 Å². The van der Waals surface area contributed by atoms with Crippen LogP contribution in [0.25, 0.3) is 0 Å². The number of fused-ring (bicyclic) bond motifs is 1. The van der Waals surface area contributed by atoms with Gasteiger partial charge in [0.2, 0.25) is 10.0 Å². The van der Waals surface area contributed by atoms with Crippen LogP contribution in [-0.4, -0.2) is 54.6 Å². The maximum absolute atomic E-state index is 12.7. The molecule has 1 heterocycles. The lowest BCUT2D eigenvalue weighted by Crippen LogP contribution is -2.47. The first-order chi connectivity index (χ1) is 14.1. The summed E-state index contributed by atoms with van der Waals surface area (Å²) in [6.07, 6.45) is 5.19. The van der Waals surface area contributed by atoms with Gasteiger partial charge >= 0.3 is 0 Å². The number of hydrogen-bond donors (Lipinski definition) is 2. The van der Waals surface area contributed by atoms with Crippen molar-refractivity contribution in [2.75, 3.05) is 20.1 Å². The van der Waals surface area contributed by atoms with E-state index in [-0.39, 0.29) is 17.0 Å². The number of sulfonamides is 1. The van der Waals surface area contributed by atoms with Gasteiger partial charge < -0.3 is 10.4 Å². The highest BCUT2D eigenvalue weighted by Crippen LogP contribution is 2.31. The van der Waals surface area contributed by atoms with Crippen LogP contribution in [-0.2, 0) is 22.9 Å². The van der Waals surface area contributed by atoms with E-state index < -0.39 is 16.1 Å². The third-order valence-corrected chi connectivity index (χ3v) is 7.83. The second-order valence-electron chi connectivity index (χ2n) is 8.79. The number of nitrogens with zero attached hydrogens (tertiary/aromatic N) is 2. The quantitative estimate of drug-likeness (QED) is 0.558. The smallest absolute Gasteiger partial charge is 0.244 e. The fourth-order valence-electron chi connectivity index (χ4n) is 4.16. The van der Waals surface area contributed by atoms with Gasteiger partial charge in [0, 0.05) is 42.5 Å². The molecule has 0 saturated heterocycles. The lowest BCUT2D eigenvalue weighted by atomic mass is 9.88. The molecule has 1 aromatic carbocycles. The number of aliphatic hydroxyl groups is 1. The molecular formula is C22H30BrN3O3S. The van der Waals surface area contributed by atoms with Crippen molar-refractivity contribution in [3.63, 3.8) is 0 Å². The van der Waals surface area contributed by atoms with Crippen molar-refractivity contribution in [1.29, 1.82) is 0 Å². The highest BCUT2D eigenvalue weighted by molar-refractivity contribution is 9.10. The number of hydrogen-bond acceptors (Lipinski definition) is 5. The number of aliphatic hydroxyl groups excluding tert-OH is 1. The Morgan fingerprint density at radius 1 is 1.27 bits per heavy atom. The van der Waals surface area contributed by atoms with E-state index in [9.17, 15) is 13.5 Å². The predicted octanol–water partition coefficient (Wildman–Crippen LogP) is 3.00. The highest BCUT2D eigenvalue weighted by atomic mass is 79.9. The normalized spacial score (nSPS) is 16.1. The van der Waals surface area contributed by atoms with Crippen molar-refractivity contribution >= 4 is 26.0 Å². The summed E-state index contributed by atoms with van der Waals surface area (Å²) in [6, 6.07) is 10.1. The first-order valence-electron chi connectivity index (χ1n) is 10.1. The van der Waals surface area contributed by atoms with Crippen molar-refractivity contribution in [2.45, 2.75) is 49.6 Å². The van der Waals surface area contributed by atoms with Gasteiger partial charge in [0.15, 0.2) is 0 Å². The summed E-state index contributed by atoms with van der Waals surface area (Å²) in [4.78, 5) is 4.01. The third-order valence-electron chi connectivity index (χ3n) is 5.61. The first kappa shape index (κ1) is 23.3. The van der Waals surface area contributed by atoms with Crippen LogP contribution in [0.2, 0.25) is 0 Å². The van der Waals surface area contributed by atoms with Crippen LogP contribution in [0, 0.1) is 5.92 Å². The van der Waals surface area contributed by atoms with Crippen LogP contribution in [0.4, 0.5) is 0 Å². The van der Waals surface area contributed by atoms with Gasteiger partial charge in [0.25, 0.3) is 0 Å². The Morgan fingerprint density at radius 3 is 2.50 bits per heavy atom. The topological polar surface area (TPSA) is 82.5 Å². The highest BCUT2D eigenvalue weighted by Gasteiger charge is 2.29. The van der Waals surface area contributed by atoms with Gasteiger partial charge in [-0.15, -0.1) is 0 Å². The van der Waals surface area contributed by atoms with Crippen LogP contribution in [0.1, 0.15) is 31.4 Å². The zero-order valence-corrected chi connectivity index (χ0v) is 20.1. The van der Waals surface area contributed by atoms with E-state index in [2.05, 4.69) is 64.3 Å². The van der Waals surface area contributed by atoms with Gasteiger partial charge in [-0.25, -0.2) is 8.42 Å². The minimum absolute atomic E-state index is 0.00674. The molecule has 0 radical (unpaired) electrons. The SMILES string of the molecule is CN(CC(O)CNC(C)(C)CC1Cc2ccccc2C1)S(=O)(=O)c1cncc(Br)c1. The lowest BCUT2D eigenvalue weighted by molar-refractivity contribution is 0.135. The Hall–Kier alpha value is -1.32. The summed E-state index contributed by atoms with van der Waals surface area (Å²) in [5, 5.41) is 13.9. The molecule has 1 aliphatic rings. The molecular weight excluding hydrogens is 466 g/mol. The lowest BCUT2D eigenvalue weighted by Gasteiger charge is -2.31. The van der Waals surface area contributed by atoms with Gasteiger partial charge in [-0.2, -0.15) is 4.31 Å². The molecule has 3 rings (SSSR count). The number of likely N-dealkylation sites (N-methyl/N-ethyl adjacent to an activating group) is 1. The van der Waals surface area contributed by atoms with E-state index in [1.165, 1.54) is 40.9 Å². The maximum atomic E-state index is 12.7. The summed E-state index contributed by atoms with van der Waals surface area (Å²) in [6.45, 7) is 4.60. The van der Waals surface area contributed by atoms with Crippen molar-refractivity contribution < 1.29 is 13.5 Å². The molecule has 0 fully saturated rings. The Balaban J connectivity index is 1.50. The first-order valence-corrected chi connectivity index (χ1v) is 12.4. The van der Waals surface area contributed by atoms with E-state index in [1.807, 2.05) is 0 Å². The average Bonchev–Trinajstić information content (AvgIpc) is 3.08. The molecule has 6 nitrogen and oxygen atoms in total. The summed E-state index contributed by atoms with van der Waals surface area (Å²) < 4.78 is 27.1. The van der Waals surface area contributed by atoms with Gasteiger partial charge in [0.05, 0.1) is 6.10 Å². The fourth-order valence-corrected chi connectivity index (χ4v) is 5.87. The van der Waals surface area contributed by atoms with E-state index in [0.717, 1.165) is 19.3 Å². The zero-order valence-electron chi connectivity index (χ0n) is 17.7. The second kappa shape index (κ2) is 9.44. The third kappa shape index (κ3) is 5.88. The van der Waals surface area contributed by atoms with Crippen LogP contribution < -0.4 is 5.32 Å². The molecule has 0 aliphatic heterocycles. The molecule has 0 spiro atoms. The van der Waals surface area contributed by atoms with E-state index >= 15 is 0 Å². The van der Waals surface area contributed by atoms with Crippen LogP contribution >= 0.6 is 15.9 Å². The Labute approximate surface area is 187 Å². The standard InChI is InChI=1S/C22H30BrN3O3S/c1-22(2,11-16-8-17-6-4-5-7-18(17)9-16)25-13-20(27)15-26(3)30(28,29)21-10-19(23)12-24-14-21/h4-7,10,12,14,16,20,25,27H,8-9,11,13,15H2,1-3H3. The number of nitrogens with one attached hydrogen (secondary N) is 1. The number of aromatic nitrogens is 1. The Kier molecular flexibility index (Phi) is 7.35. The molecule has 8 heteroatoms. The van der Waals surface area contributed by atoms with Crippen LogP contribution in [0.3, 0.4) is 0 Å². The number of benzene rings is 1. The minimum atomic E-state index is -3.71. The van der Waals surface area contributed by atoms with E-state index in [0.29, 0.717) is 16.9 Å². The van der Waals surface area contributed by atoms with Gasteiger partial charge in [0.1, 0.15) is 4.90 Å². The monoisotopic (exact) mass is 495 g/mol.